The summed E-state index contributed by atoms with van der Waals surface area (Å²) >= 11 is 1.38. The number of aromatic nitrogens is 3. The maximum Gasteiger partial charge on any atom is 0.244 e. The topological polar surface area (TPSA) is 95.3 Å². The van der Waals surface area contributed by atoms with Gasteiger partial charge in [0.2, 0.25) is 11.3 Å². The molecule has 1 amide bonds. The van der Waals surface area contributed by atoms with Gasteiger partial charge in [-0.25, -0.2) is 9.97 Å². The summed E-state index contributed by atoms with van der Waals surface area (Å²) in [5.74, 6) is 0.937. The van der Waals surface area contributed by atoms with Crippen LogP contribution in [0.4, 0.5) is 5.69 Å². The van der Waals surface area contributed by atoms with Crippen molar-refractivity contribution in [2.24, 2.45) is 0 Å². The van der Waals surface area contributed by atoms with Gasteiger partial charge in [0.25, 0.3) is 0 Å². The maximum atomic E-state index is 12.7. The SMILES string of the molecule is CCOc1ccccc1NC(=O)Cn1cc(OC)c(=O)cc1CSc1ncccn1. The van der Waals surface area contributed by atoms with E-state index in [1.807, 2.05) is 19.1 Å². The molecule has 1 N–H and O–H groups in total. The predicted octanol–water partition coefficient (Wildman–Crippen LogP) is 2.98. The van der Waals surface area contributed by atoms with Crippen molar-refractivity contribution in [1.82, 2.24) is 14.5 Å². The monoisotopic (exact) mass is 426 g/mol. The quantitative estimate of drug-likeness (QED) is 0.415. The molecule has 0 aliphatic heterocycles. The Morgan fingerprint density at radius 3 is 2.67 bits per heavy atom. The second-order valence-corrected chi connectivity index (χ2v) is 7.07. The lowest BCUT2D eigenvalue weighted by Crippen LogP contribution is -2.23. The van der Waals surface area contributed by atoms with E-state index >= 15 is 0 Å². The highest BCUT2D eigenvalue weighted by Gasteiger charge is 2.13. The Morgan fingerprint density at radius 2 is 1.93 bits per heavy atom. The minimum atomic E-state index is -0.255. The van der Waals surface area contributed by atoms with Crippen molar-refractivity contribution in [3.05, 3.63) is 70.9 Å². The van der Waals surface area contributed by atoms with Crippen LogP contribution in [0.15, 0.2) is 64.9 Å². The zero-order chi connectivity index (χ0) is 21.3. The van der Waals surface area contributed by atoms with Gasteiger partial charge in [0.15, 0.2) is 10.9 Å². The summed E-state index contributed by atoms with van der Waals surface area (Å²) in [4.78, 5) is 33.3. The van der Waals surface area contributed by atoms with E-state index in [9.17, 15) is 9.59 Å². The number of carbonyl (C=O) groups excluding carboxylic acids is 1. The molecule has 3 aromatic rings. The van der Waals surface area contributed by atoms with E-state index in [0.717, 1.165) is 0 Å². The highest BCUT2D eigenvalue weighted by atomic mass is 32.2. The summed E-state index contributed by atoms with van der Waals surface area (Å²) in [6.07, 6.45) is 4.84. The third kappa shape index (κ3) is 5.60. The first kappa shape index (κ1) is 21.4. The van der Waals surface area contributed by atoms with Crippen LogP contribution >= 0.6 is 11.8 Å². The highest BCUT2D eigenvalue weighted by molar-refractivity contribution is 7.98. The van der Waals surface area contributed by atoms with Crippen molar-refractivity contribution in [2.75, 3.05) is 19.0 Å². The van der Waals surface area contributed by atoms with Crippen molar-refractivity contribution < 1.29 is 14.3 Å². The number of benzene rings is 1. The molecule has 156 valence electrons. The number of methoxy groups -OCH3 is 1. The normalized spacial score (nSPS) is 10.5. The van der Waals surface area contributed by atoms with E-state index in [1.165, 1.54) is 31.1 Å². The van der Waals surface area contributed by atoms with Crippen LogP contribution in [0.25, 0.3) is 0 Å². The Morgan fingerprint density at radius 1 is 1.17 bits per heavy atom. The molecule has 0 atom stereocenters. The third-order valence-electron chi connectivity index (χ3n) is 4.07. The van der Waals surface area contributed by atoms with Gasteiger partial charge in [-0.2, -0.15) is 0 Å². The van der Waals surface area contributed by atoms with E-state index in [0.29, 0.717) is 34.6 Å². The van der Waals surface area contributed by atoms with Gasteiger partial charge < -0.3 is 19.4 Å². The molecule has 9 heteroatoms. The van der Waals surface area contributed by atoms with Crippen LogP contribution in [-0.2, 0) is 17.1 Å². The number of amides is 1. The first-order valence-corrected chi connectivity index (χ1v) is 10.3. The second kappa shape index (κ2) is 10.4. The Kier molecular flexibility index (Phi) is 7.45. The van der Waals surface area contributed by atoms with E-state index < -0.39 is 0 Å². The molecular weight excluding hydrogens is 404 g/mol. The van der Waals surface area contributed by atoms with E-state index in [4.69, 9.17) is 9.47 Å². The number of hydrogen-bond donors (Lipinski definition) is 1. The lowest BCUT2D eigenvalue weighted by molar-refractivity contribution is -0.116. The summed E-state index contributed by atoms with van der Waals surface area (Å²) < 4.78 is 12.4. The molecule has 8 nitrogen and oxygen atoms in total. The van der Waals surface area contributed by atoms with Crippen molar-refractivity contribution >= 4 is 23.4 Å². The summed E-state index contributed by atoms with van der Waals surface area (Å²) in [5, 5.41) is 3.45. The lowest BCUT2D eigenvalue weighted by Gasteiger charge is -2.16. The van der Waals surface area contributed by atoms with Gasteiger partial charge >= 0.3 is 0 Å². The standard InChI is InChI=1S/C21H22N4O4S/c1-3-29-18-8-5-4-7-16(18)24-20(27)13-25-12-19(28-2)17(26)11-15(25)14-30-21-22-9-6-10-23-21/h4-12H,3,13-14H2,1-2H3,(H,24,27). The van der Waals surface area contributed by atoms with Crippen molar-refractivity contribution in [3.63, 3.8) is 0 Å². The Balaban J connectivity index is 1.79. The third-order valence-corrected chi connectivity index (χ3v) is 4.98. The lowest BCUT2D eigenvalue weighted by atomic mass is 10.3. The first-order valence-electron chi connectivity index (χ1n) is 9.29. The maximum absolute atomic E-state index is 12.7. The highest BCUT2D eigenvalue weighted by Crippen LogP contribution is 2.24. The number of nitrogens with zero attached hydrogens (tertiary/aromatic N) is 3. The molecule has 0 unspecified atom stereocenters. The average molecular weight is 426 g/mol. The predicted molar refractivity (Wildman–Crippen MR) is 115 cm³/mol. The smallest absolute Gasteiger partial charge is 0.244 e. The van der Waals surface area contributed by atoms with Crippen molar-refractivity contribution in [1.29, 1.82) is 0 Å². The molecule has 0 saturated heterocycles. The number of ether oxygens (including phenoxy) is 2. The van der Waals surface area contributed by atoms with E-state index in [2.05, 4.69) is 15.3 Å². The van der Waals surface area contributed by atoms with E-state index in [1.54, 1.807) is 35.2 Å². The number of anilines is 1. The van der Waals surface area contributed by atoms with Gasteiger partial charge in [-0.15, -0.1) is 0 Å². The molecule has 0 saturated carbocycles. The fraction of sp³-hybridized carbons (Fsp3) is 0.238. The molecule has 0 bridgehead atoms. The van der Waals surface area contributed by atoms with Crippen LogP contribution in [0.5, 0.6) is 11.5 Å². The minimum absolute atomic E-state index is 0.00262. The number of pyridine rings is 1. The molecule has 30 heavy (non-hydrogen) atoms. The minimum Gasteiger partial charge on any atom is -0.492 e. The second-order valence-electron chi connectivity index (χ2n) is 6.12. The summed E-state index contributed by atoms with van der Waals surface area (Å²) in [6.45, 7) is 2.38. The molecule has 1 aromatic carbocycles. The van der Waals surface area contributed by atoms with Gasteiger partial charge in [-0.3, -0.25) is 9.59 Å². The largest absolute Gasteiger partial charge is 0.492 e. The summed E-state index contributed by atoms with van der Waals surface area (Å²) in [6, 6.07) is 10.4. The number of para-hydroxylation sites is 2. The van der Waals surface area contributed by atoms with Gasteiger partial charge in [-0.05, 0) is 25.1 Å². The first-order chi connectivity index (χ1) is 14.6. The van der Waals surface area contributed by atoms with Gasteiger partial charge in [-0.1, -0.05) is 23.9 Å². The molecule has 0 fully saturated rings. The zero-order valence-electron chi connectivity index (χ0n) is 16.7. The van der Waals surface area contributed by atoms with Crippen molar-refractivity contribution in [2.45, 2.75) is 24.4 Å². The Bertz CT molecular complexity index is 1060. The molecule has 2 aromatic heterocycles. The number of rotatable bonds is 9. The summed E-state index contributed by atoms with van der Waals surface area (Å²) in [5.41, 5.74) is 0.998. The fourth-order valence-electron chi connectivity index (χ4n) is 2.71. The van der Waals surface area contributed by atoms with Gasteiger partial charge in [0, 0.05) is 29.9 Å². The molecule has 0 radical (unpaired) electrons. The number of hydrogen-bond acceptors (Lipinski definition) is 7. The van der Waals surface area contributed by atoms with Crippen LogP contribution in [-0.4, -0.2) is 34.2 Å². The number of carbonyl (C=O) groups is 1. The average Bonchev–Trinajstić information content (AvgIpc) is 2.76. The van der Waals surface area contributed by atoms with Crippen LogP contribution in [0, 0.1) is 0 Å². The molecule has 2 heterocycles. The van der Waals surface area contributed by atoms with Gasteiger partial charge in [0.05, 0.1) is 25.6 Å². The summed E-state index contributed by atoms with van der Waals surface area (Å²) in [7, 11) is 1.42. The van der Waals surface area contributed by atoms with Crippen LogP contribution in [0.2, 0.25) is 0 Å². The Hall–Kier alpha value is -3.33. The van der Waals surface area contributed by atoms with E-state index in [-0.39, 0.29) is 23.6 Å². The molecular formula is C21H22N4O4S. The fourth-order valence-corrected chi connectivity index (χ4v) is 3.51. The van der Waals surface area contributed by atoms with Crippen LogP contribution in [0.1, 0.15) is 12.6 Å². The zero-order valence-corrected chi connectivity index (χ0v) is 17.5. The van der Waals surface area contributed by atoms with Crippen molar-refractivity contribution in [3.8, 4) is 11.5 Å². The number of nitrogens with one attached hydrogen (secondary N) is 1. The molecule has 0 aliphatic rings. The van der Waals surface area contributed by atoms with Crippen LogP contribution in [0.3, 0.4) is 0 Å². The molecule has 3 rings (SSSR count). The number of thioether (sulfide) groups is 1. The Labute approximate surface area is 178 Å². The van der Waals surface area contributed by atoms with Crippen LogP contribution < -0.4 is 20.2 Å². The molecule has 0 spiro atoms. The molecule has 0 aliphatic carbocycles. The van der Waals surface area contributed by atoms with Gasteiger partial charge in [0.1, 0.15) is 12.3 Å².